The molecule has 2 N–H and O–H groups in total. The van der Waals surface area contributed by atoms with Gasteiger partial charge in [-0.2, -0.15) is 0 Å². The molecule has 7 nitrogen and oxygen atoms in total. The highest BCUT2D eigenvalue weighted by molar-refractivity contribution is 5.77. The first-order chi connectivity index (χ1) is 14.7. The van der Waals surface area contributed by atoms with Crippen LogP contribution in [0.25, 0.3) is 22.2 Å². The van der Waals surface area contributed by atoms with Crippen molar-refractivity contribution in [3.63, 3.8) is 0 Å². The summed E-state index contributed by atoms with van der Waals surface area (Å²) >= 11 is 0. The quantitative estimate of drug-likeness (QED) is 0.533. The molecule has 0 saturated carbocycles. The first-order valence-corrected chi connectivity index (χ1v) is 10.1. The third kappa shape index (κ3) is 3.48. The molecular weight excluding hydrogens is 378 g/mol. The summed E-state index contributed by atoms with van der Waals surface area (Å²) in [5.74, 6) is 2.44. The van der Waals surface area contributed by atoms with Crippen molar-refractivity contribution in [3.05, 3.63) is 76.7 Å². The predicted octanol–water partition coefficient (Wildman–Crippen LogP) is 3.66. The van der Waals surface area contributed by atoms with E-state index in [0.717, 1.165) is 47.7 Å². The van der Waals surface area contributed by atoms with Crippen LogP contribution in [0.1, 0.15) is 30.5 Å². The fourth-order valence-electron chi connectivity index (χ4n) is 4.17. The minimum Gasteiger partial charge on any atom is -0.497 e. The van der Waals surface area contributed by atoms with Crippen LogP contribution >= 0.6 is 0 Å². The Labute approximate surface area is 173 Å². The molecular formula is C23H23N5O2. The highest BCUT2D eigenvalue weighted by Crippen LogP contribution is 2.32. The van der Waals surface area contributed by atoms with Gasteiger partial charge in [0.1, 0.15) is 17.4 Å². The first kappa shape index (κ1) is 18.6. The SMILES string of the molecule is COc1cccc(-c2cnc(C3CCCN3Cc3nc4ccccc4c(=O)[nH]3)[nH]2)c1. The van der Waals surface area contributed by atoms with Gasteiger partial charge in [0.2, 0.25) is 0 Å². The second kappa shape index (κ2) is 7.76. The number of hydrogen-bond acceptors (Lipinski definition) is 5. The van der Waals surface area contributed by atoms with E-state index >= 15 is 0 Å². The number of para-hydroxylation sites is 1. The van der Waals surface area contributed by atoms with Gasteiger partial charge >= 0.3 is 0 Å². The Morgan fingerprint density at radius 1 is 1.17 bits per heavy atom. The molecule has 30 heavy (non-hydrogen) atoms. The Hall–Kier alpha value is -3.45. The molecule has 0 bridgehead atoms. The maximum atomic E-state index is 12.4. The van der Waals surface area contributed by atoms with Gasteiger partial charge < -0.3 is 14.7 Å². The maximum Gasteiger partial charge on any atom is 0.258 e. The third-order valence-corrected chi connectivity index (χ3v) is 5.67. The largest absolute Gasteiger partial charge is 0.497 e. The zero-order valence-electron chi connectivity index (χ0n) is 16.8. The molecule has 0 spiro atoms. The lowest BCUT2D eigenvalue weighted by Gasteiger charge is -2.22. The summed E-state index contributed by atoms with van der Waals surface area (Å²) in [6, 6.07) is 15.5. The molecule has 0 aliphatic carbocycles. The summed E-state index contributed by atoms with van der Waals surface area (Å²) in [6.45, 7) is 1.52. The smallest absolute Gasteiger partial charge is 0.258 e. The van der Waals surface area contributed by atoms with E-state index in [1.54, 1.807) is 13.2 Å². The van der Waals surface area contributed by atoms with E-state index in [0.29, 0.717) is 17.8 Å². The van der Waals surface area contributed by atoms with Crippen LogP contribution in [-0.4, -0.2) is 38.5 Å². The number of H-pyrrole nitrogens is 2. The molecule has 1 aliphatic rings. The fourth-order valence-corrected chi connectivity index (χ4v) is 4.17. The molecule has 5 rings (SSSR count). The summed E-state index contributed by atoms with van der Waals surface area (Å²) in [7, 11) is 1.67. The summed E-state index contributed by atoms with van der Waals surface area (Å²) in [4.78, 5) is 30.5. The highest BCUT2D eigenvalue weighted by atomic mass is 16.5. The summed E-state index contributed by atoms with van der Waals surface area (Å²) in [6.07, 6.45) is 3.97. The molecule has 2 aromatic carbocycles. The van der Waals surface area contributed by atoms with E-state index in [2.05, 4.69) is 24.8 Å². The lowest BCUT2D eigenvalue weighted by Crippen LogP contribution is -2.26. The maximum absolute atomic E-state index is 12.4. The van der Waals surface area contributed by atoms with Gasteiger partial charge in [0.15, 0.2) is 0 Å². The molecule has 1 unspecified atom stereocenters. The van der Waals surface area contributed by atoms with E-state index in [-0.39, 0.29) is 11.6 Å². The second-order valence-corrected chi connectivity index (χ2v) is 7.57. The Kier molecular flexibility index (Phi) is 4.80. The summed E-state index contributed by atoms with van der Waals surface area (Å²) < 4.78 is 5.33. The normalized spacial score (nSPS) is 16.9. The molecule has 4 aromatic rings. The van der Waals surface area contributed by atoms with Crippen molar-refractivity contribution in [1.82, 2.24) is 24.8 Å². The lowest BCUT2D eigenvalue weighted by atomic mass is 10.1. The number of aromatic amines is 2. The number of likely N-dealkylation sites (tertiary alicyclic amines) is 1. The van der Waals surface area contributed by atoms with Gasteiger partial charge in [-0.25, -0.2) is 9.97 Å². The van der Waals surface area contributed by atoms with Crippen molar-refractivity contribution in [3.8, 4) is 17.0 Å². The standard InChI is InChI=1S/C23H23N5O2/c1-30-16-7-4-6-15(12-16)19-13-24-22(26-19)20-10-5-11-28(20)14-21-25-18-9-3-2-8-17(18)23(29)27-21/h2-4,6-9,12-13,20H,5,10-11,14H2,1H3,(H,24,26)(H,25,27,29). The Bertz CT molecular complexity index is 1250. The summed E-state index contributed by atoms with van der Waals surface area (Å²) in [5.41, 5.74) is 2.64. The number of fused-ring (bicyclic) bond motifs is 1. The van der Waals surface area contributed by atoms with Crippen LogP contribution in [0.15, 0.2) is 59.5 Å². The van der Waals surface area contributed by atoms with Crippen LogP contribution in [0.4, 0.5) is 0 Å². The van der Waals surface area contributed by atoms with E-state index in [1.165, 1.54) is 0 Å². The van der Waals surface area contributed by atoms with Gasteiger partial charge in [-0.05, 0) is 43.7 Å². The number of hydrogen-bond donors (Lipinski definition) is 2. The molecule has 0 amide bonds. The van der Waals surface area contributed by atoms with Crippen LogP contribution in [0.2, 0.25) is 0 Å². The van der Waals surface area contributed by atoms with Crippen LogP contribution in [-0.2, 0) is 6.54 Å². The molecule has 0 radical (unpaired) electrons. The molecule has 1 aliphatic heterocycles. The Morgan fingerprint density at radius 3 is 2.97 bits per heavy atom. The van der Waals surface area contributed by atoms with E-state index < -0.39 is 0 Å². The van der Waals surface area contributed by atoms with Crippen LogP contribution in [0.3, 0.4) is 0 Å². The number of imidazole rings is 1. The summed E-state index contributed by atoms with van der Waals surface area (Å²) in [5, 5.41) is 0.619. The molecule has 1 atom stereocenters. The van der Waals surface area contributed by atoms with Crippen molar-refractivity contribution in [2.24, 2.45) is 0 Å². The minimum atomic E-state index is -0.0929. The van der Waals surface area contributed by atoms with Crippen molar-refractivity contribution >= 4 is 10.9 Å². The van der Waals surface area contributed by atoms with Crippen LogP contribution in [0.5, 0.6) is 5.75 Å². The molecule has 3 heterocycles. The Morgan fingerprint density at radius 2 is 2.07 bits per heavy atom. The van der Waals surface area contributed by atoms with Crippen LogP contribution in [0, 0.1) is 0 Å². The monoisotopic (exact) mass is 401 g/mol. The number of ether oxygens (including phenoxy) is 1. The zero-order chi connectivity index (χ0) is 20.5. The number of benzene rings is 2. The average Bonchev–Trinajstić information content (AvgIpc) is 3.43. The predicted molar refractivity (Wildman–Crippen MR) is 115 cm³/mol. The molecule has 1 saturated heterocycles. The van der Waals surface area contributed by atoms with Gasteiger partial charge in [-0.1, -0.05) is 24.3 Å². The average molecular weight is 401 g/mol. The molecule has 1 fully saturated rings. The van der Waals surface area contributed by atoms with Gasteiger partial charge in [0.25, 0.3) is 5.56 Å². The molecule has 2 aromatic heterocycles. The number of rotatable bonds is 5. The van der Waals surface area contributed by atoms with Crippen molar-refractivity contribution in [2.45, 2.75) is 25.4 Å². The van der Waals surface area contributed by atoms with Gasteiger partial charge in [-0.3, -0.25) is 9.69 Å². The minimum absolute atomic E-state index is 0.0929. The highest BCUT2D eigenvalue weighted by Gasteiger charge is 2.29. The number of nitrogens with zero attached hydrogens (tertiary/aromatic N) is 3. The Balaban J connectivity index is 1.39. The lowest BCUT2D eigenvalue weighted by molar-refractivity contribution is 0.235. The number of nitrogens with one attached hydrogen (secondary N) is 2. The van der Waals surface area contributed by atoms with E-state index in [4.69, 9.17) is 4.74 Å². The fraction of sp³-hybridized carbons (Fsp3) is 0.261. The number of aromatic nitrogens is 4. The first-order valence-electron chi connectivity index (χ1n) is 10.1. The van der Waals surface area contributed by atoms with Gasteiger partial charge in [0, 0.05) is 5.56 Å². The van der Waals surface area contributed by atoms with Gasteiger partial charge in [-0.15, -0.1) is 0 Å². The van der Waals surface area contributed by atoms with Crippen molar-refractivity contribution in [2.75, 3.05) is 13.7 Å². The zero-order valence-corrected chi connectivity index (χ0v) is 16.8. The van der Waals surface area contributed by atoms with Crippen molar-refractivity contribution in [1.29, 1.82) is 0 Å². The molecule has 152 valence electrons. The van der Waals surface area contributed by atoms with Gasteiger partial charge in [0.05, 0.1) is 42.5 Å². The topological polar surface area (TPSA) is 86.9 Å². The second-order valence-electron chi connectivity index (χ2n) is 7.57. The molecule has 7 heteroatoms. The van der Waals surface area contributed by atoms with Crippen LogP contribution < -0.4 is 10.3 Å². The number of methoxy groups -OCH3 is 1. The third-order valence-electron chi connectivity index (χ3n) is 5.67. The van der Waals surface area contributed by atoms with E-state index in [9.17, 15) is 4.79 Å². The van der Waals surface area contributed by atoms with Crippen molar-refractivity contribution < 1.29 is 4.74 Å². The van der Waals surface area contributed by atoms with E-state index in [1.807, 2.05) is 48.7 Å².